The minimum absolute atomic E-state index is 0.0444. The summed E-state index contributed by atoms with van der Waals surface area (Å²) >= 11 is 0. The second-order valence-corrected chi connectivity index (χ2v) is 5.21. The number of amides is 1. The summed E-state index contributed by atoms with van der Waals surface area (Å²) in [6.07, 6.45) is 2.42. The maximum atomic E-state index is 10.7. The molecule has 1 aromatic rings. The number of rotatable bonds is 5. The van der Waals surface area contributed by atoms with Crippen LogP contribution in [0.4, 0.5) is 0 Å². The van der Waals surface area contributed by atoms with Gasteiger partial charge in [-0.15, -0.1) is 0 Å². The molecule has 18 heavy (non-hydrogen) atoms. The van der Waals surface area contributed by atoms with Crippen molar-refractivity contribution in [3.05, 3.63) is 35.4 Å². The van der Waals surface area contributed by atoms with Gasteiger partial charge in [-0.2, -0.15) is 0 Å². The van der Waals surface area contributed by atoms with E-state index in [1.54, 1.807) is 6.92 Å². The minimum Gasteiger partial charge on any atom is -0.355 e. The molecule has 0 bridgehead atoms. The lowest BCUT2D eigenvalue weighted by Gasteiger charge is -2.36. The molecule has 3 heteroatoms. The second kappa shape index (κ2) is 6.01. The van der Waals surface area contributed by atoms with Crippen molar-refractivity contribution in [2.45, 2.75) is 38.6 Å². The molecule has 0 heterocycles. The summed E-state index contributed by atoms with van der Waals surface area (Å²) in [5, 5.41) is 6.27. The van der Waals surface area contributed by atoms with Crippen LogP contribution in [0, 0.1) is 6.92 Å². The zero-order valence-electron chi connectivity index (χ0n) is 11.2. The summed E-state index contributed by atoms with van der Waals surface area (Å²) < 4.78 is 0. The molecule has 1 fully saturated rings. The van der Waals surface area contributed by atoms with Crippen LogP contribution < -0.4 is 10.6 Å². The molecule has 2 rings (SSSR count). The SMILES string of the molecule is CC(=O)NCCNC1CC(c2ccc(C)cc2)C1. The molecule has 0 radical (unpaired) electrons. The Morgan fingerprint density at radius 2 is 1.89 bits per heavy atom. The highest BCUT2D eigenvalue weighted by Gasteiger charge is 2.29. The van der Waals surface area contributed by atoms with Gasteiger partial charge in [0.05, 0.1) is 0 Å². The standard InChI is InChI=1S/C15H22N2O/c1-11-3-5-13(6-4-11)14-9-15(10-14)17-8-7-16-12(2)18/h3-6,14-15,17H,7-10H2,1-2H3,(H,16,18). The van der Waals surface area contributed by atoms with Crippen LogP contribution in [0.1, 0.15) is 36.8 Å². The van der Waals surface area contributed by atoms with Gasteiger partial charge in [-0.1, -0.05) is 29.8 Å². The Kier molecular flexibility index (Phi) is 4.37. The first-order valence-electron chi connectivity index (χ1n) is 6.69. The van der Waals surface area contributed by atoms with Crippen LogP contribution in [0.3, 0.4) is 0 Å². The van der Waals surface area contributed by atoms with Gasteiger partial charge in [-0.25, -0.2) is 0 Å². The summed E-state index contributed by atoms with van der Waals surface area (Å²) in [5.74, 6) is 0.756. The van der Waals surface area contributed by atoms with Gasteiger partial charge < -0.3 is 10.6 Å². The fourth-order valence-electron chi connectivity index (χ4n) is 2.41. The third-order valence-electron chi connectivity index (χ3n) is 3.62. The summed E-state index contributed by atoms with van der Waals surface area (Å²) in [7, 11) is 0. The number of carbonyl (C=O) groups excluding carboxylic acids is 1. The molecule has 1 amide bonds. The van der Waals surface area contributed by atoms with Crippen LogP contribution in [0.25, 0.3) is 0 Å². The third-order valence-corrected chi connectivity index (χ3v) is 3.62. The van der Waals surface area contributed by atoms with Gasteiger partial charge in [0.1, 0.15) is 0 Å². The first-order valence-corrected chi connectivity index (χ1v) is 6.69. The maximum absolute atomic E-state index is 10.7. The summed E-state index contributed by atoms with van der Waals surface area (Å²) in [4.78, 5) is 10.7. The zero-order chi connectivity index (χ0) is 13.0. The van der Waals surface area contributed by atoms with Gasteiger partial charge in [0.2, 0.25) is 5.91 Å². The third kappa shape index (κ3) is 3.57. The van der Waals surface area contributed by atoms with Crippen LogP contribution in [-0.2, 0) is 4.79 Å². The molecule has 2 N–H and O–H groups in total. The molecule has 3 nitrogen and oxygen atoms in total. The van der Waals surface area contributed by atoms with E-state index in [0.717, 1.165) is 13.1 Å². The molecule has 0 atom stereocenters. The number of carbonyl (C=O) groups is 1. The molecular formula is C15H22N2O. The van der Waals surface area contributed by atoms with Crippen molar-refractivity contribution in [2.75, 3.05) is 13.1 Å². The summed E-state index contributed by atoms with van der Waals surface area (Å²) in [6.45, 7) is 5.26. The van der Waals surface area contributed by atoms with Crippen molar-refractivity contribution in [2.24, 2.45) is 0 Å². The average molecular weight is 246 g/mol. The fraction of sp³-hybridized carbons (Fsp3) is 0.533. The van der Waals surface area contributed by atoms with Crippen molar-refractivity contribution in [1.29, 1.82) is 0 Å². The molecule has 0 unspecified atom stereocenters. The fourth-order valence-corrected chi connectivity index (χ4v) is 2.41. The van der Waals surface area contributed by atoms with Crippen molar-refractivity contribution < 1.29 is 4.79 Å². The Hall–Kier alpha value is -1.35. The molecule has 0 aromatic heterocycles. The van der Waals surface area contributed by atoms with Crippen LogP contribution in [0.15, 0.2) is 24.3 Å². The molecule has 1 aromatic carbocycles. The lowest BCUT2D eigenvalue weighted by Crippen LogP contribution is -2.43. The van der Waals surface area contributed by atoms with Crippen molar-refractivity contribution >= 4 is 5.91 Å². The number of aryl methyl sites for hydroxylation is 1. The van der Waals surface area contributed by atoms with E-state index in [0.29, 0.717) is 12.0 Å². The van der Waals surface area contributed by atoms with Gasteiger partial charge in [0, 0.05) is 26.1 Å². The monoisotopic (exact) mass is 246 g/mol. The van der Waals surface area contributed by atoms with Crippen molar-refractivity contribution in [3.63, 3.8) is 0 Å². The van der Waals surface area contributed by atoms with Gasteiger partial charge in [-0.05, 0) is 31.2 Å². The van der Waals surface area contributed by atoms with E-state index < -0.39 is 0 Å². The van der Waals surface area contributed by atoms with Crippen LogP contribution in [-0.4, -0.2) is 25.0 Å². The number of hydrogen-bond donors (Lipinski definition) is 2. The normalized spacial score (nSPS) is 22.3. The lowest BCUT2D eigenvalue weighted by molar-refractivity contribution is -0.118. The van der Waals surface area contributed by atoms with Crippen LogP contribution in [0.5, 0.6) is 0 Å². The summed E-state index contributed by atoms with van der Waals surface area (Å²) in [6, 6.07) is 9.48. The molecule has 1 aliphatic rings. The van der Waals surface area contributed by atoms with E-state index in [2.05, 4.69) is 41.8 Å². The predicted molar refractivity (Wildman–Crippen MR) is 73.6 cm³/mol. The molecule has 1 saturated carbocycles. The highest BCUT2D eigenvalue weighted by molar-refractivity contribution is 5.72. The Labute approximate surface area is 109 Å². The number of nitrogens with one attached hydrogen (secondary N) is 2. The Morgan fingerprint density at radius 3 is 2.50 bits per heavy atom. The smallest absolute Gasteiger partial charge is 0.216 e. The highest BCUT2D eigenvalue weighted by atomic mass is 16.1. The lowest BCUT2D eigenvalue weighted by atomic mass is 9.76. The first kappa shape index (κ1) is 13.1. The van der Waals surface area contributed by atoms with Gasteiger partial charge in [-0.3, -0.25) is 4.79 Å². The molecule has 0 saturated heterocycles. The van der Waals surface area contributed by atoms with E-state index >= 15 is 0 Å². The molecule has 1 aliphatic carbocycles. The quantitative estimate of drug-likeness (QED) is 0.780. The molecule has 98 valence electrons. The van der Waals surface area contributed by atoms with Gasteiger partial charge in [0.25, 0.3) is 0 Å². The zero-order valence-corrected chi connectivity index (χ0v) is 11.2. The molecule has 0 aliphatic heterocycles. The van der Waals surface area contributed by atoms with E-state index in [4.69, 9.17) is 0 Å². The summed E-state index contributed by atoms with van der Waals surface area (Å²) in [5.41, 5.74) is 2.78. The van der Waals surface area contributed by atoms with Crippen LogP contribution >= 0.6 is 0 Å². The molecule has 0 spiro atoms. The second-order valence-electron chi connectivity index (χ2n) is 5.21. The highest BCUT2D eigenvalue weighted by Crippen LogP contribution is 2.36. The Morgan fingerprint density at radius 1 is 1.22 bits per heavy atom. The number of benzene rings is 1. The van der Waals surface area contributed by atoms with E-state index in [-0.39, 0.29) is 5.91 Å². The van der Waals surface area contributed by atoms with Crippen LogP contribution in [0.2, 0.25) is 0 Å². The maximum Gasteiger partial charge on any atom is 0.216 e. The Balaban J connectivity index is 1.64. The van der Waals surface area contributed by atoms with Gasteiger partial charge >= 0.3 is 0 Å². The number of hydrogen-bond acceptors (Lipinski definition) is 2. The van der Waals surface area contributed by atoms with E-state index in [1.165, 1.54) is 24.0 Å². The van der Waals surface area contributed by atoms with Gasteiger partial charge in [0.15, 0.2) is 0 Å². The Bertz CT molecular complexity index is 393. The minimum atomic E-state index is 0.0444. The largest absolute Gasteiger partial charge is 0.355 e. The topological polar surface area (TPSA) is 41.1 Å². The molecular weight excluding hydrogens is 224 g/mol. The van der Waals surface area contributed by atoms with E-state index in [1.807, 2.05) is 0 Å². The van der Waals surface area contributed by atoms with Crippen molar-refractivity contribution in [1.82, 2.24) is 10.6 Å². The average Bonchev–Trinajstić information content (AvgIpc) is 2.28. The van der Waals surface area contributed by atoms with Crippen molar-refractivity contribution in [3.8, 4) is 0 Å². The van der Waals surface area contributed by atoms with E-state index in [9.17, 15) is 4.79 Å². The predicted octanol–water partition coefficient (Wildman–Crippen LogP) is 1.97. The first-order chi connectivity index (χ1) is 8.65.